The Hall–Kier alpha value is -6.21. The van der Waals surface area contributed by atoms with Crippen LogP contribution in [0.2, 0.25) is 0 Å². The largest absolute Gasteiger partial charge is 0.510 e. The smallest absolute Gasteiger partial charge is 0.410 e. The average molecular weight is 812 g/mol. The number of nitrogens with zero attached hydrogens (tertiary/aromatic N) is 3. The Morgan fingerprint density at radius 2 is 1.67 bits per heavy atom. The van der Waals surface area contributed by atoms with Gasteiger partial charge in [0.1, 0.15) is 41.8 Å². The maximum Gasteiger partial charge on any atom is 0.410 e. The number of aromatic hydroxyl groups is 1. The van der Waals surface area contributed by atoms with Gasteiger partial charge in [-0.25, -0.2) is 14.0 Å². The molecule has 3 aliphatic rings. The summed E-state index contributed by atoms with van der Waals surface area (Å²) in [5, 5.41) is 58.3. The van der Waals surface area contributed by atoms with E-state index in [0.717, 1.165) is 17.0 Å². The molecule has 0 spiro atoms. The van der Waals surface area contributed by atoms with Gasteiger partial charge in [-0.15, -0.1) is 0 Å². The molecule has 0 heterocycles. The Labute approximate surface area is 331 Å². The molecule has 0 bridgehead atoms. The van der Waals surface area contributed by atoms with Crippen LogP contribution < -0.4 is 20.7 Å². The molecule has 0 radical (unpaired) electrons. The lowest BCUT2D eigenvalue weighted by Gasteiger charge is -2.50. The molecule has 3 amide bonds. The molecular weight excluding hydrogens is 765 g/mol. The van der Waals surface area contributed by atoms with Crippen LogP contribution in [0.25, 0.3) is 0 Å². The van der Waals surface area contributed by atoms with Crippen molar-refractivity contribution in [1.29, 1.82) is 0 Å². The predicted octanol–water partition coefficient (Wildman–Crippen LogP) is 2.03. The fourth-order valence-corrected chi connectivity index (χ4v) is 7.76. The number of carboxylic acids is 1. The molecule has 5 atom stereocenters. The summed E-state index contributed by atoms with van der Waals surface area (Å²) in [6.45, 7) is 3.24. The number of hydrogen-bond acceptors (Lipinski definition) is 14. The van der Waals surface area contributed by atoms with Crippen molar-refractivity contribution in [2.75, 3.05) is 51.6 Å². The number of carboxylic acid groups (broad SMARTS) is 1. The molecule has 5 rings (SSSR count). The van der Waals surface area contributed by atoms with Gasteiger partial charge in [0.05, 0.1) is 17.3 Å². The van der Waals surface area contributed by atoms with Crippen molar-refractivity contribution in [3.63, 3.8) is 0 Å². The highest BCUT2D eigenvalue weighted by molar-refractivity contribution is 6.25. The van der Waals surface area contributed by atoms with E-state index in [-0.39, 0.29) is 29.8 Å². The highest BCUT2D eigenvalue weighted by atomic mass is 19.1. The molecule has 1 unspecified atom stereocenters. The van der Waals surface area contributed by atoms with Crippen LogP contribution in [0.4, 0.5) is 20.6 Å². The Morgan fingerprint density at radius 3 is 2.21 bits per heavy atom. The minimum atomic E-state index is -2.85. The molecular formula is C39H46FN5O13. The second-order valence-corrected chi connectivity index (χ2v) is 15.8. The third-order valence-corrected chi connectivity index (χ3v) is 10.5. The molecule has 19 heteroatoms. The summed E-state index contributed by atoms with van der Waals surface area (Å²) in [7, 11) is 6.33. The zero-order valence-corrected chi connectivity index (χ0v) is 32.8. The molecule has 312 valence electrons. The molecule has 0 aliphatic heterocycles. The first-order chi connectivity index (χ1) is 26.9. The normalized spacial score (nSPS) is 22.1. The van der Waals surface area contributed by atoms with Gasteiger partial charge in [0.15, 0.2) is 17.1 Å². The van der Waals surface area contributed by atoms with Crippen LogP contribution in [-0.4, -0.2) is 135 Å². The highest BCUT2D eigenvalue weighted by Gasteiger charge is 2.63. The van der Waals surface area contributed by atoms with Crippen LogP contribution in [-0.2, 0) is 30.3 Å². The standard InChI is InChI=1S/C39H46FN5O13/c1-38(2,3)45(37(55)57-16-24(36(53)54)58-19-10-8-18(40)9-11-19)15-25(46)42-22-14-23(43(4)5)20-12-17-13-21-29(44(6)7)32(49)28(35(41)52)34(51)39(21,56)33(50)26(17)31(48)27(20)30(22)47/h8-11,14,17,21,24,29,47,49-50,56H,12-13,15-16H2,1-7H3,(H2,41,52)(H,42,46)(H,53,54)/t17-,21-,24?,29-,39-/m0/s1. The number of ketones is 2. The summed E-state index contributed by atoms with van der Waals surface area (Å²) >= 11 is 0. The number of aliphatic carboxylic acids is 1. The summed E-state index contributed by atoms with van der Waals surface area (Å²) in [5.41, 5.74) is 0.187. The summed E-state index contributed by atoms with van der Waals surface area (Å²) in [6, 6.07) is 4.73. The van der Waals surface area contributed by atoms with Crippen molar-refractivity contribution in [2.24, 2.45) is 17.6 Å². The second-order valence-electron chi connectivity index (χ2n) is 15.8. The SMILES string of the molecule is CN(C)c1cc(NC(=O)CN(C(=O)OCC(Oc2ccc(F)cc2)C(=O)O)C(C)(C)C)c(O)c2c1C[C@H]1C[C@H]3[C@H](N(C)C)C(O)=C(C(N)=O)C(=O)[C@@]3(O)C(O)=C1C2=O. The number of aliphatic hydroxyl groups excluding tert-OH is 2. The Balaban J connectivity index is 1.45. The Morgan fingerprint density at radius 1 is 1.05 bits per heavy atom. The fraction of sp³-hybridized carbons (Fsp3) is 0.436. The highest BCUT2D eigenvalue weighted by Crippen LogP contribution is 2.54. The maximum atomic E-state index is 14.4. The van der Waals surface area contributed by atoms with E-state index in [1.807, 2.05) is 0 Å². The molecule has 0 aromatic heterocycles. The quantitative estimate of drug-likeness (QED) is 0.126. The number of fused-ring (bicyclic) bond motifs is 3. The van der Waals surface area contributed by atoms with E-state index < -0.39 is 118 Å². The Kier molecular flexibility index (Phi) is 11.6. The van der Waals surface area contributed by atoms with Gasteiger partial charge in [0, 0.05) is 36.8 Å². The van der Waals surface area contributed by atoms with Crippen LogP contribution >= 0.6 is 0 Å². The molecule has 3 aliphatic carbocycles. The van der Waals surface area contributed by atoms with E-state index in [4.69, 9.17) is 15.2 Å². The predicted molar refractivity (Wildman–Crippen MR) is 203 cm³/mol. The van der Waals surface area contributed by atoms with Gasteiger partial charge in [-0.05, 0) is 89.5 Å². The molecule has 0 saturated heterocycles. The van der Waals surface area contributed by atoms with E-state index in [1.54, 1.807) is 39.8 Å². The average Bonchev–Trinajstić information content (AvgIpc) is 3.11. The van der Waals surface area contributed by atoms with Crippen LogP contribution in [0.5, 0.6) is 11.5 Å². The first kappa shape index (κ1) is 42.9. The third kappa shape index (κ3) is 7.61. The number of benzene rings is 2. The van der Waals surface area contributed by atoms with Crippen molar-refractivity contribution in [3.05, 3.63) is 69.9 Å². The van der Waals surface area contributed by atoms with Crippen LogP contribution in [0.15, 0.2) is 53.0 Å². The minimum absolute atomic E-state index is 0.00184. The van der Waals surface area contributed by atoms with Crippen molar-refractivity contribution < 1.29 is 68.2 Å². The number of hydrogen-bond donors (Lipinski definition) is 7. The van der Waals surface area contributed by atoms with E-state index >= 15 is 0 Å². The molecule has 8 N–H and O–H groups in total. The summed E-state index contributed by atoms with van der Waals surface area (Å²) in [4.78, 5) is 83.1. The summed E-state index contributed by atoms with van der Waals surface area (Å²) in [5.74, 6) is -11.2. The van der Waals surface area contributed by atoms with E-state index in [2.05, 4.69) is 5.32 Å². The van der Waals surface area contributed by atoms with Crippen molar-refractivity contribution in [3.8, 4) is 11.5 Å². The molecule has 58 heavy (non-hydrogen) atoms. The number of nitrogens with two attached hydrogens (primary N) is 1. The minimum Gasteiger partial charge on any atom is -0.510 e. The van der Waals surface area contributed by atoms with Gasteiger partial charge >= 0.3 is 12.1 Å². The number of carbonyl (C=O) groups is 6. The fourth-order valence-electron chi connectivity index (χ4n) is 7.76. The van der Waals surface area contributed by atoms with Gasteiger partial charge < -0.3 is 51.0 Å². The van der Waals surface area contributed by atoms with Crippen LogP contribution in [0.3, 0.4) is 0 Å². The zero-order chi connectivity index (χ0) is 43.3. The zero-order valence-electron chi connectivity index (χ0n) is 32.8. The number of nitrogens with one attached hydrogen (secondary N) is 1. The number of halogens is 1. The van der Waals surface area contributed by atoms with Gasteiger partial charge in [0.2, 0.25) is 17.8 Å². The molecule has 0 saturated carbocycles. The lowest BCUT2D eigenvalue weighted by molar-refractivity contribution is -0.149. The van der Waals surface area contributed by atoms with Gasteiger partial charge in [-0.3, -0.25) is 29.0 Å². The number of ether oxygens (including phenoxy) is 2. The molecule has 2 aromatic carbocycles. The monoisotopic (exact) mass is 811 g/mol. The number of Topliss-reactive ketones (excluding diaryl/α,β-unsaturated/α-hetero) is 2. The molecule has 18 nitrogen and oxygen atoms in total. The van der Waals surface area contributed by atoms with Crippen LogP contribution in [0.1, 0.15) is 43.1 Å². The number of allylic oxidation sites excluding steroid dienone is 1. The number of carbonyl (C=O) groups excluding carboxylic acids is 5. The van der Waals surface area contributed by atoms with E-state index in [1.165, 1.54) is 37.2 Å². The second kappa shape index (κ2) is 15.6. The first-order valence-electron chi connectivity index (χ1n) is 18.0. The topological polar surface area (TPSA) is 270 Å². The number of amides is 3. The summed E-state index contributed by atoms with van der Waals surface area (Å²) < 4.78 is 23.9. The van der Waals surface area contributed by atoms with Gasteiger partial charge in [0.25, 0.3) is 5.91 Å². The number of phenolic OH excluding ortho intramolecular Hbond substituents is 1. The van der Waals surface area contributed by atoms with Gasteiger partial charge in [-0.1, -0.05) is 0 Å². The van der Waals surface area contributed by atoms with Crippen molar-refractivity contribution in [2.45, 2.75) is 56.9 Å². The number of phenols is 1. The van der Waals surface area contributed by atoms with Crippen molar-refractivity contribution in [1.82, 2.24) is 9.80 Å². The summed E-state index contributed by atoms with van der Waals surface area (Å²) in [6.07, 6.45) is -2.92. The number of likely N-dealkylation sites (N-methyl/N-ethyl adjacent to an activating group) is 1. The Bertz CT molecular complexity index is 2140. The lowest BCUT2D eigenvalue weighted by Crippen LogP contribution is -2.63. The van der Waals surface area contributed by atoms with E-state index in [0.29, 0.717) is 11.3 Å². The van der Waals surface area contributed by atoms with Gasteiger partial charge in [-0.2, -0.15) is 0 Å². The number of rotatable bonds is 11. The third-order valence-electron chi connectivity index (χ3n) is 10.5. The lowest BCUT2D eigenvalue weighted by atomic mass is 9.58. The van der Waals surface area contributed by atoms with E-state index in [9.17, 15) is 58.7 Å². The number of anilines is 2. The number of aliphatic hydroxyl groups is 3. The maximum absolute atomic E-state index is 14.4. The molecule has 0 fully saturated rings. The van der Waals surface area contributed by atoms with Crippen LogP contribution in [0, 0.1) is 17.7 Å². The number of primary amides is 1. The molecule has 2 aromatic rings. The first-order valence-corrected chi connectivity index (χ1v) is 18.0. The van der Waals surface area contributed by atoms with Crippen molar-refractivity contribution >= 4 is 46.8 Å².